The maximum absolute atomic E-state index is 11.8. The topological polar surface area (TPSA) is 50.4 Å². The molecule has 84 valence electrons. The monoisotopic (exact) mass is 290 g/mol. The van der Waals surface area contributed by atoms with E-state index in [4.69, 9.17) is 4.42 Å². The fourth-order valence-corrected chi connectivity index (χ4v) is 2.25. The molecule has 0 fully saturated rings. The lowest BCUT2D eigenvalue weighted by Gasteiger charge is -2.03. The lowest BCUT2D eigenvalue weighted by Crippen LogP contribution is -1.99. The van der Waals surface area contributed by atoms with Crippen LogP contribution in [0.1, 0.15) is 0 Å². The maximum atomic E-state index is 11.8. The molecule has 2 aromatic carbocycles. The number of hydrogen-bond donors (Lipinski definition) is 1. The van der Waals surface area contributed by atoms with Gasteiger partial charge in [-0.3, -0.25) is 0 Å². The summed E-state index contributed by atoms with van der Waals surface area (Å²) in [4.78, 5) is 11.8. The number of phenolic OH excluding ortho intramolecular Hbond substituents is 1. The summed E-state index contributed by atoms with van der Waals surface area (Å²) in [5, 5.41) is 11.5. The third-order valence-corrected chi connectivity index (χ3v) is 3.15. The van der Waals surface area contributed by atoms with Gasteiger partial charge in [-0.05, 0) is 30.3 Å². The van der Waals surface area contributed by atoms with Gasteiger partial charge in [-0.15, -0.1) is 0 Å². The van der Waals surface area contributed by atoms with E-state index in [1.165, 1.54) is 6.07 Å². The van der Waals surface area contributed by atoms with Crippen molar-refractivity contribution >= 4 is 37.7 Å². The average molecular weight is 291 g/mol. The molecule has 3 rings (SSSR count). The summed E-state index contributed by atoms with van der Waals surface area (Å²) in [5.74, 6) is 0.0787. The highest BCUT2D eigenvalue weighted by Crippen LogP contribution is 2.27. The second kappa shape index (κ2) is 3.60. The van der Waals surface area contributed by atoms with Crippen LogP contribution >= 0.6 is 15.9 Å². The smallest absolute Gasteiger partial charge is 0.344 e. The lowest BCUT2D eigenvalue weighted by molar-refractivity contribution is 0.473. The average Bonchev–Trinajstić information content (AvgIpc) is 2.28. The van der Waals surface area contributed by atoms with Crippen molar-refractivity contribution in [3.63, 3.8) is 0 Å². The van der Waals surface area contributed by atoms with Gasteiger partial charge in [0.2, 0.25) is 0 Å². The Kier molecular flexibility index (Phi) is 2.19. The minimum Gasteiger partial charge on any atom is -0.508 e. The van der Waals surface area contributed by atoms with E-state index in [1.54, 1.807) is 24.3 Å². The van der Waals surface area contributed by atoms with Crippen LogP contribution < -0.4 is 5.63 Å². The van der Waals surface area contributed by atoms with Crippen LogP contribution in [0.2, 0.25) is 0 Å². The Morgan fingerprint density at radius 2 is 1.76 bits per heavy atom. The van der Waals surface area contributed by atoms with Gasteiger partial charge in [0.15, 0.2) is 0 Å². The molecule has 1 N–H and O–H groups in total. The zero-order chi connectivity index (χ0) is 12.0. The Balaban J connectivity index is 2.62. The molecule has 3 nitrogen and oxygen atoms in total. The van der Waals surface area contributed by atoms with E-state index < -0.39 is 5.63 Å². The summed E-state index contributed by atoms with van der Waals surface area (Å²) in [6.45, 7) is 0. The fraction of sp³-hybridized carbons (Fsp3) is 0. The van der Waals surface area contributed by atoms with Crippen LogP contribution in [0.3, 0.4) is 0 Å². The summed E-state index contributed by atoms with van der Waals surface area (Å²) < 4.78 is 6.06. The Bertz CT molecular complexity index is 790. The maximum Gasteiger partial charge on any atom is 0.344 e. The van der Waals surface area contributed by atoms with Crippen molar-refractivity contribution in [3.05, 3.63) is 51.3 Å². The zero-order valence-corrected chi connectivity index (χ0v) is 10.2. The fourth-order valence-electron chi connectivity index (χ4n) is 1.89. The van der Waals surface area contributed by atoms with Gasteiger partial charge in [0.25, 0.3) is 0 Å². The van der Waals surface area contributed by atoms with E-state index in [9.17, 15) is 9.90 Å². The van der Waals surface area contributed by atoms with Crippen molar-refractivity contribution in [1.29, 1.82) is 0 Å². The van der Waals surface area contributed by atoms with Crippen molar-refractivity contribution in [2.75, 3.05) is 0 Å². The number of benzene rings is 2. The van der Waals surface area contributed by atoms with Gasteiger partial charge in [0, 0.05) is 21.3 Å². The molecule has 4 heteroatoms. The van der Waals surface area contributed by atoms with Crippen LogP contribution in [-0.2, 0) is 0 Å². The molecule has 0 aliphatic rings. The first-order valence-electron chi connectivity index (χ1n) is 5.00. The third-order valence-electron chi connectivity index (χ3n) is 2.66. The summed E-state index contributed by atoms with van der Waals surface area (Å²) >= 11 is 3.38. The number of rotatable bonds is 0. The molecule has 0 bridgehead atoms. The molecular formula is C13H7BrO3. The van der Waals surface area contributed by atoms with Crippen molar-refractivity contribution in [2.45, 2.75) is 0 Å². The molecular weight excluding hydrogens is 284 g/mol. The lowest BCUT2D eigenvalue weighted by atomic mass is 10.1. The quantitative estimate of drug-likeness (QED) is 0.510. The Morgan fingerprint density at radius 1 is 1.00 bits per heavy atom. The molecule has 1 aromatic heterocycles. The Labute approximate surface area is 104 Å². The molecule has 0 aliphatic heterocycles. The molecule has 3 aromatic rings. The first-order valence-corrected chi connectivity index (χ1v) is 5.79. The predicted octanol–water partition coefficient (Wildman–Crippen LogP) is 3.41. The zero-order valence-electron chi connectivity index (χ0n) is 8.61. The molecule has 17 heavy (non-hydrogen) atoms. The number of hydrogen-bond acceptors (Lipinski definition) is 3. The van der Waals surface area contributed by atoms with E-state index >= 15 is 0 Å². The van der Waals surface area contributed by atoms with Crippen molar-refractivity contribution in [2.24, 2.45) is 0 Å². The van der Waals surface area contributed by atoms with Gasteiger partial charge >= 0.3 is 5.63 Å². The largest absolute Gasteiger partial charge is 0.508 e. The van der Waals surface area contributed by atoms with Gasteiger partial charge in [-0.25, -0.2) is 4.79 Å². The van der Waals surface area contributed by atoms with Gasteiger partial charge < -0.3 is 9.52 Å². The summed E-state index contributed by atoms with van der Waals surface area (Å²) in [5.41, 5.74) is -0.00815. The summed E-state index contributed by atoms with van der Waals surface area (Å²) in [6.07, 6.45) is 0. The van der Waals surface area contributed by atoms with Crippen LogP contribution in [0, 0.1) is 0 Å². The molecule has 0 radical (unpaired) electrons. The molecule has 0 amide bonds. The van der Waals surface area contributed by atoms with Crippen molar-refractivity contribution in [3.8, 4) is 5.75 Å². The van der Waals surface area contributed by atoms with E-state index in [0.717, 1.165) is 15.2 Å². The second-order valence-corrected chi connectivity index (χ2v) is 4.68. The highest BCUT2D eigenvalue weighted by atomic mass is 79.9. The van der Waals surface area contributed by atoms with Crippen LogP contribution in [0.4, 0.5) is 0 Å². The number of aromatic hydroxyl groups is 1. The standard InChI is InChI=1S/C13H7BrO3/c14-7-1-3-10-11(5-7)9-4-2-8(15)6-12(9)17-13(10)16/h1-6,15H. The molecule has 0 unspecified atom stereocenters. The Hall–Kier alpha value is -1.81. The highest BCUT2D eigenvalue weighted by molar-refractivity contribution is 9.10. The molecule has 0 spiro atoms. The number of halogens is 1. The van der Waals surface area contributed by atoms with E-state index in [0.29, 0.717) is 11.0 Å². The van der Waals surface area contributed by atoms with Gasteiger partial charge in [-0.2, -0.15) is 0 Å². The molecule has 1 heterocycles. The van der Waals surface area contributed by atoms with Crippen LogP contribution in [0.5, 0.6) is 5.75 Å². The highest BCUT2D eigenvalue weighted by Gasteiger charge is 2.07. The van der Waals surface area contributed by atoms with Crippen molar-refractivity contribution in [1.82, 2.24) is 0 Å². The molecule has 0 atom stereocenters. The second-order valence-electron chi connectivity index (χ2n) is 3.76. The van der Waals surface area contributed by atoms with E-state index in [1.807, 2.05) is 6.07 Å². The minimum atomic E-state index is -0.398. The third kappa shape index (κ3) is 1.61. The van der Waals surface area contributed by atoms with Gasteiger partial charge in [0.05, 0.1) is 5.39 Å². The first-order chi connectivity index (χ1) is 8.15. The molecule has 0 aliphatic carbocycles. The van der Waals surface area contributed by atoms with Crippen molar-refractivity contribution < 1.29 is 9.52 Å². The van der Waals surface area contributed by atoms with E-state index in [-0.39, 0.29) is 5.75 Å². The van der Waals surface area contributed by atoms with Crippen LogP contribution in [0.15, 0.2) is 50.1 Å². The van der Waals surface area contributed by atoms with Gasteiger partial charge in [-0.1, -0.05) is 15.9 Å². The molecule has 0 saturated carbocycles. The molecule has 0 saturated heterocycles. The number of fused-ring (bicyclic) bond motifs is 3. The summed E-state index contributed by atoms with van der Waals surface area (Å²) in [6, 6.07) is 10.1. The normalized spacial score (nSPS) is 11.1. The Morgan fingerprint density at radius 3 is 2.59 bits per heavy atom. The predicted molar refractivity (Wildman–Crippen MR) is 69.4 cm³/mol. The SMILES string of the molecule is O=c1oc2cc(O)ccc2c2cc(Br)ccc12. The van der Waals surface area contributed by atoms with Gasteiger partial charge in [0.1, 0.15) is 11.3 Å². The minimum absolute atomic E-state index is 0.0787. The van der Waals surface area contributed by atoms with Crippen LogP contribution in [0.25, 0.3) is 21.7 Å². The number of phenols is 1. The summed E-state index contributed by atoms with van der Waals surface area (Å²) in [7, 11) is 0. The first kappa shape index (κ1) is 10.4. The van der Waals surface area contributed by atoms with E-state index in [2.05, 4.69) is 15.9 Å². The van der Waals surface area contributed by atoms with Crippen LogP contribution in [-0.4, -0.2) is 5.11 Å².